The number of unbranched alkanes of at least 4 members (excludes halogenated alkanes) is 2. The quantitative estimate of drug-likeness (QED) is 0.167. The number of phosphoric acid groups is 1. The molecule has 134 valence electrons. The Bertz CT molecular complexity index is 272. The topological polar surface area (TPSA) is 72.5 Å². The zero-order valence-electron chi connectivity index (χ0n) is 14.2. The van der Waals surface area contributed by atoms with Crippen molar-refractivity contribution in [2.24, 2.45) is 0 Å². The lowest BCUT2D eigenvalue weighted by molar-refractivity contribution is -0.336. The lowest BCUT2D eigenvalue weighted by Gasteiger charge is -2.18. The molecular weight excluding hydrogens is 311 g/mol. The van der Waals surface area contributed by atoms with Crippen LogP contribution < -0.4 is 0 Å². The molecule has 1 unspecified atom stereocenters. The molecule has 22 heavy (non-hydrogen) atoms. The summed E-state index contributed by atoms with van der Waals surface area (Å²) in [7, 11) is -4.06. The molecule has 0 spiro atoms. The normalized spacial score (nSPS) is 13.5. The maximum Gasteiger partial charge on any atom is 0.556 e. The van der Waals surface area contributed by atoms with Crippen LogP contribution in [0.15, 0.2) is 0 Å². The summed E-state index contributed by atoms with van der Waals surface area (Å²) < 4.78 is 26.7. The minimum Gasteiger partial charge on any atom is -0.226 e. The van der Waals surface area contributed by atoms with Crippen molar-refractivity contribution in [1.29, 1.82) is 0 Å². The molecule has 0 aliphatic carbocycles. The molecule has 0 aromatic heterocycles. The molecule has 0 radical (unpaired) electrons. The summed E-state index contributed by atoms with van der Waals surface area (Å²) in [6, 6.07) is 0. The van der Waals surface area contributed by atoms with E-state index < -0.39 is 7.82 Å². The molecule has 0 aliphatic rings. The van der Waals surface area contributed by atoms with Crippen molar-refractivity contribution >= 4 is 7.82 Å². The van der Waals surface area contributed by atoms with Crippen molar-refractivity contribution in [3.63, 3.8) is 0 Å². The fraction of sp³-hybridized carbons (Fsp3) is 1.00. The van der Waals surface area contributed by atoms with Crippen LogP contribution in [-0.4, -0.2) is 19.3 Å². The van der Waals surface area contributed by atoms with Gasteiger partial charge in [0.2, 0.25) is 0 Å². The summed E-state index contributed by atoms with van der Waals surface area (Å²) in [6.45, 7) is 8.56. The summed E-state index contributed by atoms with van der Waals surface area (Å²) in [6.07, 6.45) is 5.63. The van der Waals surface area contributed by atoms with E-state index in [1.807, 2.05) is 27.7 Å². The molecule has 1 atom stereocenters. The fourth-order valence-corrected chi connectivity index (χ4v) is 2.11. The van der Waals surface area contributed by atoms with E-state index >= 15 is 0 Å². The minimum atomic E-state index is -4.06. The highest BCUT2D eigenvalue weighted by Crippen LogP contribution is 2.50. The third kappa shape index (κ3) is 11.5. The van der Waals surface area contributed by atoms with Crippen molar-refractivity contribution in [2.75, 3.05) is 13.2 Å². The van der Waals surface area contributed by atoms with Gasteiger partial charge in [0.05, 0.1) is 19.3 Å². The van der Waals surface area contributed by atoms with E-state index in [4.69, 9.17) is 28.7 Å². The van der Waals surface area contributed by atoms with E-state index in [9.17, 15) is 4.57 Å². The van der Waals surface area contributed by atoms with Crippen LogP contribution in [-0.2, 0) is 33.3 Å². The summed E-state index contributed by atoms with van der Waals surface area (Å²) in [4.78, 5) is 14.8. The first kappa shape index (κ1) is 22.0. The molecule has 0 aliphatic heterocycles. The number of rotatable bonds is 16. The second-order valence-corrected chi connectivity index (χ2v) is 6.28. The zero-order valence-corrected chi connectivity index (χ0v) is 15.1. The second kappa shape index (κ2) is 14.6. The van der Waals surface area contributed by atoms with Crippen LogP contribution in [0, 0.1) is 0 Å². The molecule has 0 aromatic rings. The van der Waals surface area contributed by atoms with Gasteiger partial charge in [0, 0.05) is 0 Å². The van der Waals surface area contributed by atoms with E-state index in [1.54, 1.807) is 0 Å². The highest BCUT2D eigenvalue weighted by molar-refractivity contribution is 7.48. The smallest absolute Gasteiger partial charge is 0.226 e. The van der Waals surface area contributed by atoms with Gasteiger partial charge in [-0.2, -0.15) is 0 Å². The molecule has 0 saturated heterocycles. The predicted molar refractivity (Wildman–Crippen MR) is 82.7 cm³/mol. The molecule has 0 aromatic carbocycles. The van der Waals surface area contributed by atoms with Gasteiger partial charge >= 0.3 is 7.82 Å². The van der Waals surface area contributed by atoms with Crippen LogP contribution in [0.5, 0.6) is 0 Å². The average Bonchev–Trinajstić information content (AvgIpc) is 2.52. The van der Waals surface area contributed by atoms with E-state index in [0.29, 0.717) is 0 Å². The molecule has 8 heteroatoms. The lowest BCUT2D eigenvalue weighted by atomic mass is 10.2. The molecule has 7 nitrogen and oxygen atoms in total. The number of hydrogen-bond donors (Lipinski definition) is 0. The van der Waals surface area contributed by atoms with Gasteiger partial charge < -0.3 is 0 Å². The van der Waals surface area contributed by atoms with Gasteiger partial charge in [0.15, 0.2) is 0 Å². The molecule has 0 amide bonds. The van der Waals surface area contributed by atoms with Crippen molar-refractivity contribution in [1.82, 2.24) is 0 Å². The van der Waals surface area contributed by atoms with Gasteiger partial charge in [0.1, 0.15) is 0 Å². The predicted octanol–water partition coefficient (Wildman–Crippen LogP) is 5.12. The van der Waals surface area contributed by atoms with Gasteiger partial charge in [-0.05, 0) is 25.7 Å². The first-order chi connectivity index (χ1) is 10.6. The third-order valence-corrected chi connectivity index (χ3v) is 3.63. The number of hydrogen-bond acceptors (Lipinski definition) is 7. The van der Waals surface area contributed by atoms with Crippen LogP contribution in [0.3, 0.4) is 0 Å². The maximum atomic E-state index is 12.3. The highest BCUT2D eigenvalue weighted by atomic mass is 31.2. The Hall–Kier alpha value is -0.0100. The van der Waals surface area contributed by atoms with Crippen LogP contribution >= 0.6 is 7.82 Å². The molecule has 0 rings (SSSR count). The van der Waals surface area contributed by atoms with Crippen LogP contribution in [0.2, 0.25) is 0 Å². The van der Waals surface area contributed by atoms with Crippen molar-refractivity contribution < 1.29 is 33.3 Å². The molecule has 0 saturated carbocycles. The van der Waals surface area contributed by atoms with Gasteiger partial charge in [-0.15, -0.1) is 14.0 Å². The Labute approximate surface area is 134 Å². The van der Waals surface area contributed by atoms with Gasteiger partial charge in [0.25, 0.3) is 0 Å². The molecule has 0 heterocycles. The first-order valence-corrected chi connectivity index (χ1v) is 9.65. The summed E-state index contributed by atoms with van der Waals surface area (Å²) >= 11 is 0. The van der Waals surface area contributed by atoms with Gasteiger partial charge in [-0.3, -0.25) is 0 Å². The first-order valence-electron chi connectivity index (χ1n) is 8.19. The van der Waals surface area contributed by atoms with Crippen molar-refractivity contribution in [2.45, 2.75) is 78.7 Å². The Balaban J connectivity index is 4.31. The van der Waals surface area contributed by atoms with E-state index in [0.717, 1.165) is 44.9 Å². The SMILES string of the molecule is CCCCOOP(=O)(OOCCCC)OOC(CC)CCC. The van der Waals surface area contributed by atoms with Crippen molar-refractivity contribution in [3.8, 4) is 0 Å². The van der Waals surface area contributed by atoms with Gasteiger partial charge in [-0.1, -0.05) is 47.0 Å². The van der Waals surface area contributed by atoms with E-state index in [2.05, 4.69) is 0 Å². The molecule has 0 bridgehead atoms. The van der Waals surface area contributed by atoms with Gasteiger partial charge in [-0.25, -0.2) is 19.2 Å². The summed E-state index contributed by atoms with van der Waals surface area (Å²) in [5.74, 6) is 0. The Morgan fingerprint density at radius 2 is 1.36 bits per heavy atom. The average molecular weight is 342 g/mol. The Morgan fingerprint density at radius 1 is 0.818 bits per heavy atom. The third-order valence-electron chi connectivity index (χ3n) is 2.79. The minimum absolute atomic E-state index is 0.184. The monoisotopic (exact) mass is 342 g/mol. The molecule has 0 fully saturated rings. The zero-order chi connectivity index (χ0) is 16.7. The van der Waals surface area contributed by atoms with Crippen molar-refractivity contribution in [3.05, 3.63) is 0 Å². The van der Waals surface area contributed by atoms with E-state index in [1.165, 1.54) is 0 Å². The maximum absolute atomic E-state index is 12.3. The molecular formula is C14H31O7P. The van der Waals surface area contributed by atoms with Crippen LogP contribution in [0.4, 0.5) is 0 Å². The summed E-state index contributed by atoms with van der Waals surface area (Å²) in [5, 5.41) is 0. The summed E-state index contributed by atoms with van der Waals surface area (Å²) in [5.41, 5.74) is 0. The Kier molecular flexibility index (Phi) is 14.6. The van der Waals surface area contributed by atoms with E-state index in [-0.39, 0.29) is 19.3 Å². The standard InChI is InChI=1S/C14H31O7P/c1-5-9-12-16-19-22(15,20-17-13-10-6-2)21-18-14(8-4)11-7-3/h14H,5-13H2,1-4H3. The largest absolute Gasteiger partial charge is 0.556 e. The lowest BCUT2D eigenvalue weighted by Crippen LogP contribution is -2.13. The second-order valence-electron chi connectivity index (χ2n) is 4.94. The highest BCUT2D eigenvalue weighted by Gasteiger charge is 2.33. The molecule has 0 N–H and O–H groups in total. The van der Waals surface area contributed by atoms with Crippen LogP contribution in [0.25, 0.3) is 0 Å². The fourth-order valence-electron chi connectivity index (χ4n) is 1.40. The van der Waals surface area contributed by atoms with Crippen LogP contribution in [0.1, 0.15) is 72.6 Å². The Morgan fingerprint density at radius 3 is 1.77 bits per heavy atom.